The molecule has 0 spiro atoms. The molecule has 6 heteroatoms. The minimum atomic E-state index is -0.255. The highest BCUT2D eigenvalue weighted by Crippen LogP contribution is 2.12. The number of carbonyl (C=O) groups is 2. The van der Waals surface area contributed by atoms with Gasteiger partial charge in [0.05, 0.1) is 6.61 Å². The Morgan fingerprint density at radius 2 is 1.52 bits per heavy atom. The number of hydrogen-bond donors (Lipinski definition) is 0. The van der Waals surface area contributed by atoms with Crippen molar-refractivity contribution in [2.75, 3.05) is 38.7 Å². The van der Waals surface area contributed by atoms with Gasteiger partial charge in [0.1, 0.15) is 6.61 Å². The lowest BCUT2D eigenvalue weighted by Gasteiger charge is -2.25. The Labute approximate surface area is 146 Å². The topological polar surface area (TPSA) is 55.8 Å². The van der Waals surface area contributed by atoms with Gasteiger partial charge in [0.25, 0.3) is 5.24 Å². The Balaban J connectivity index is 0. The molecule has 0 aliphatic rings. The number of amides is 1. The Morgan fingerprint density at radius 1 is 1.00 bits per heavy atom. The van der Waals surface area contributed by atoms with E-state index in [1.165, 1.54) is 18.7 Å². The molecule has 0 radical (unpaired) electrons. The maximum Gasteiger partial charge on any atom is 0.302 e. The van der Waals surface area contributed by atoms with Crippen LogP contribution in [0.4, 0.5) is 4.79 Å². The summed E-state index contributed by atoms with van der Waals surface area (Å²) in [7, 11) is 0. The van der Waals surface area contributed by atoms with Crippen LogP contribution in [0.3, 0.4) is 0 Å². The molecule has 1 amide bonds. The monoisotopic (exact) mass is 349 g/mol. The molecule has 0 fully saturated rings. The zero-order valence-corrected chi connectivity index (χ0v) is 16.7. The van der Waals surface area contributed by atoms with Gasteiger partial charge in [0.15, 0.2) is 0 Å². The van der Waals surface area contributed by atoms with Crippen LogP contribution < -0.4 is 0 Å². The third kappa shape index (κ3) is 19.2. The highest BCUT2D eigenvalue weighted by molar-refractivity contribution is 8.13. The zero-order valence-electron chi connectivity index (χ0n) is 15.9. The van der Waals surface area contributed by atoms with E-state index in [0.717, 1.165) is 18.8 Å². The highest BCUT2D eigenvalue weighted by Gasteiger charge is 2.15. The molecule has 23 heavy (non-hydrogen) atoms. The van der Waals surface area contributed by atoms with Gasteiger partial charge in [0, 0.05) is 26.6 Å². The number of esters is 1. The van der Waals surface area contributed by atoms with Crippen LogP contribution >= 0.6 is 11.8 Å². The molecule has 0 heterocycles. The zero-order chi connectivity index (χ0) is 18.3. The Hall–Kier alpha value is -0.750. The van der Waals surface area contributed by atoms with Crippen molar-refractivity contribution in [3.63, 3.8) is 0 Å². The molecular weight excluding hydrogens is 314 g/mol. The van der Waals surface area contributed by atoms with Crippen molar-refractivity contribution in [2.45, 2.75) is 48.5 Å². The molecule has 0 rings (SSSR count). The first-order valence-electron chi connectivity index (χ1n) is 8.37. The van der Waals surface area contributed by atoms with Crippen molar-refractivity contribution in [1.82, 2.24) is 4.90 Å². The molecule has 0 saturated carbocycles. The lowest BCUT2D eigenvalue weighted by Crippen LogP contribution is -2.34. The first-order chi connectivity index (χ1) is 10.7. The lowest BCUT2D eigenvalue weighted by atomic mass is 10.1. The standard InChI is InChI=1S/C11H23NOS.C6H12O3/c1-6-14-11(13)12(7-9(2)3)8-10(4)5;1-3-8-4-5-9-6(2)7/h9-10H,6-8H2,1-5H3;3-5H2,1-2H3. The van der Waals surface area contributed by atoms with Crippen molar-refractivity contribution in [3.8, 4) is 0 Å². The highest BCUT2D eigenvalue weighted by atomic mass is 32.2. The van der Waals surface area contributed by atoms with E-state index in [0.29, 0.717) is 31.7 Å². The van der Waals surface area contributed by atoms with Gasteiger partial charge in [-0.05, 0) is 24.5 Å². The number of carbonyl (C=O) groups excluding carboxylic acids is 2. The summed E-state index contributed by atoms with van der Waals surface area (Å²) in [6.07, 6.45) is 0. The summed E-state index contributed by atoms with van der Waals surface area (Å²) in [6.45, 7) is 17.2. The average Bonchev–Trinajstić information content (AvgIpc) is 2.42. The predicted octanol–water partition coefficient (Wildman–Crippen LogP) is 4.06. The molecule has 0 N–H and O–H groups in total. The Kier molecular flexibility index (Phi) is 17.2. The van der Waals surface area contributed by atoms with E-state index in [1.54, 1.807) is 0 Å². The van der Waals surface area contributed by atoms with E-state index in [2.05, 4.69) is 32.4 Å². The fourth-order valence-electron chi connectivity index (χ4n) is 1.71. The number of hydrogen-bond acceptors (Lipinski definition) is 5. The second kappa shape index (κ2) is 16.1. The van der Waals surface area contributed by atoms with E-state index in [9.17, 15) is 9.59 Å². The van der Waals surface area contributed by atoms with Crippen molar-refractivity contribution >= 4 is 23.0 Å². The van der Waals surface area contributed by atoms with Gasteiger partial charge in [-0.3, -0.25) is 9.59 Å². The summed E-state index contributed by atoms with van der Waals surface area (Å²) >= 11 is 1.41. The van der Waals surface area contributed by atoms with E-state index in [4.69, 9.17) is 4.74 Å². The maximum atomic E-state index is 11.7. The lowest BCUT2D eigenvalue weighted by molar-refractivity contribution is -0.142. The van der Waals surface area contributed by atoms with Gasteiger partial charge < -0.3 is 14.4 Å². The minimum absolute atomic E-state index is 0.231. The number of rotatable bonds is 9. The molecule has 0 aromatic carbocycles. The van der Waals surface area contributed by atoms with Crippen LogP contribution in [0, 0.1) is 11.8 Å². The van der Waals surface area contributed by atoms with Gasteiger partial charge in [-0.25, -0.2) is 0 Å². The predicted molar refractivity (Wildman–Crippen MR) is 97.9 cm³/mol. The van der Waals surface area contributed by atoms with Crippen molar-refractivity contribution in [1.29, 1.82) is 0 Å². The average molecular weight is 350 g/mol. The SMILES string of the molecule is CCOCCOC(C)=O.CCSC(=O)N(CC(C)C)CC(C)C. The van der Waals surface area contributed by atoms with Crippen molar-refractivity contribution in [3.05, 3.63) is 0 Å². The Morgan fingerprint density at radius 3 is 1.87 bits per heavy atom. The largest absolute Gasteiger partial charge is 0.463 e. The maximum absolute atomic E-state index is 11.7. The second-order valence-corrected chi connectivity index (χ2v) is 7.14. The summed E-state index contributed by atoms with van der Waals surface area (Å²) in [5.41, 5.74) is 0. The molecule has 0 bridgehead atoms. The number of ether oxygens (including phenoxy) is 2. The molecule has 0 aliphatic carbocycles. The van der Waals surface area contributed by atoms with Gasteiger partial charge in [-0.15, -0.1) is 0 Å². The van der Waals surface area contributed by atoms with Crippen LogP contribution in [-0.2, 0) is 14.3 Å². The van der Waals surface area contributed by atoms with Crippen LogP contribution in [0.5, 0.6) is 0 Å². The third-order valence-electron chi connectivity index (χ3n) is 2.43. The molecule has 0 aromatic heterocycles. The summed E-state index contributed by atoms with van der Waals surface area (Å²) < 4.78 is 9.49. The molecule has 138 valence electrons. The van der Waals surface area contributed by atoms with Crippen LogP contribution in [0.25, 0.3) is 0 Å². The first kappa shape index (κ1) is 24.5. The minimum Gasteiger partial charge on any atom is -0.463 e. The molecular formula is C17H35NO4S. The summed E-state index contributed by atoms with van der Waals surface area (Å²) in [5.74, 6) is 1.71. The molecule has 0 atom stereocenters. The van der Waals surface area contributed by atoms with Gasteiger partial charge in [-0.2, -0.15) is 0 Å². The second-order valence-electron chi connectivity index (χ2n) is 5.93. The van der Waals surface area contributed by atoms with Gasteiger partial charge in [0.2, 0.25) is 0 Å². The van der Waals surface area contributed by atoms with Crippen LogP contribution in [-0.4, -0.2) is 54.8 Å². The number of nitrogens with zero attached hydrogens (tertiary/aromatic N) is 1. The molecule has 0 unspecified atom stereocenters. The van der Waals surface area contributed by atoms with Crippen LogP contribution in [0.15, 0.2) is 0 Å². The van der Waals surface area contributed by atoms with Crippen molar-refractivity contribution in [2.24, 2.45) is 11.8 Å². The summed E-state index contributed by atoms with van der Waals surface area (Å²) in [6, 6.07) is 0. The fourth-order valence-corrected chi connectivity index (χ4v) is 2.29. The molecule has 0 aromatic rings. The van der Waals surface area contributed by atoms with Gasteiger partial charge >= 0.3 is 5.97 Å². The van der Waals surface area contributed by atoms with E-state index < -0.39 is 0 Å². The van der Waals surface area contributed by atoms with Crippen LogP contribution in [0.1, 0.15) is 48.5 Å². The van der Waals surface area contributed by atoms with Crippen LogP contribution in [0.2, 0.25) is 0 Å². The van der Waals surface area contributed by atoms with E-state index >= 15 is 0 Å². The van der Waals surface area contributed by atoms with Gasteiger partial charge in [-0.1, -0.05) is 46.4 Å². The molecule has 0 aliphatic heterocycles. The van der Waals surface area contributed by atoms with Crippen molar-refractivity contribution < 1.29 is 19.1 Å². The smallest absolute Gasteiger partial charge is 0.302 e. The fraction of sp³-hybridized carbons (Fsp3) is 0.882. The molecule has 5 nitrogen and oxygen atoms in total. The summed E-state index contributed by atoms with van der Waals surface area (Å²) in [5, 5.41) is 0.231. The normalized spacial score (nSPS) is 10.3. The molecule has 0 saturated heterocycles. The van der Waals surface area contributed by atoms with E-state index in [1.807, 2.05) is 18.7 Å². The number of thioether (sulfide) groups is 1. The third-order valence-corrected chi connectivity index (χ3v) is 3.23. The van der Waals surface area contributed by atoms with E-state index in [-0.39, 0.29) is 11.2 Å². The summed E-state index contributed by atoms with van der Waals surface area (Å²) in [4.78, 5) is 23.8. The quantitative estimate of drug-likeness (QED) is 0.464. The first-order valence-corrected chi connectivity index (χ1v) is 9.35. The Bertz CT molecular complexity index is 299.